The van der Waals surface area contributed by atoms with Crippen molar-refractivity contribution in [2.45, 2.75) is 26.5 Å². The third-order valence-electron chi connectivity index (χ3n) is 4.45. The number of hydrogen-bond acceptors (Lipinski definition) is 5. The van der Waals surface area contributed by atoms with Crippen molar-refractivity contribution in [1.29, 1.82) is 0 Å². The zero-order valence-electron chi connectivity index (χ0n) is 18.1. The largest absolute Gasteiger partial charge is 0.493 e. The van der Waals surface area contributed by atoms with Gasteiger partial charge in [-0.05, 0) is 30.2 Å². The molecule has 0 saturated carbocycles. The summed E-state index contributed by atoms with van der Waals surface area (Å²) in [6, 6.07) is 16.0. The fourth-order valence-electron chi connectivity index (χ4n) is 2.89. The Balaban J connectivity index is 0.00000341. The van der Waals surface area contributed by atoms with Crippen LogP contribution in [0.4, 0.5) is 0 Å². The van der Waals surface area contributed by atoms with Gasteiger partial charge in [0.2, 0.25) is 0 Å². The van der Waals surface area contributed by atoms with E-state index in [-0.39, 0.29) is 24.0 Å². The molecule has 0 unspecified atom stereocenters. The number of methoxy groups -OCH3 is 1. The third-order valence-corrected chi connectivity index (χ3v) is 5.42. The van der Waals surface area contributed by atoms with Crippen molar-refractivity contribution in [2.75, 3.05) is 20.7 Å². The highest BCUT2D eigenvalue weighted by Crippen LogP contribution is 2.28. The highest BCUT2D eigenvalue weighted by atomic mass is 127. The van der Waals surface area contributed by atoms with Gasteiger partial charge in [-0.15, -0.1) is 35.3 Å². The van der Waals surface area contributed by atoms with Crippen LogP contribution in [-0.4, -0.2) is 31.6 Å². The van der Waals surface area contributed by atoms with E-state index < -0.39 is 0 Å². The maximum Gasteiger partial charge on any atom is 0.191 e. The SMILES string of the molecule is CN=C(NCCc1ncc(C)s1)NCc1ccc(OCc2ccccc2)c(OC)c1.I. The van der Waals surface area contributed by atoms with E-state index in [1.807, 2.05) is 54.7 Å². The Kier molecular flexibility index (Phi) is 10.6. The van der Waals surface area contributed by atoms with Crippen molar-refractivity contribution in [3.05, 3.63) is 75.7 Å². The van der Waals surface area contributed by atoms with Gasteiger partial charge in [0.1, 0.15) is 6.61 Å². The van der Waals surface area contributed by atoms with Crippen LogP contribution < -0.4 is 20.1 Å². The summed E-state index contributed by atoms with van der Waals surface area (Å²) in [5.74, 6) is 2.20. The number of aliphatic imine (C=N–C) groups is 1. The summed E-state index contributed by atoms with van der Waals surface area (Å²) in [6.45, 7) is 3.99. The molecule has 0 radical (unpaired) electrons. The van der Waals surface area contributed by atoms with Gasteiger partial charge in [0, 0.05) is 37.6 Å². The van der Waals surface area contributed by atoms with Crippen LogP contribution in [0, 0.1) is 6.92 Å². The molecule has 0 atom stereocenters. The predicted octanol–water partition coefficient (Wildman–Crippen LogP) is 4.56. The van der Waals surface area contributed by atoms with E-state index in [2.05, 4.69) is 27.5 Å². The molecule has 0 aliphatic heterocycles. The summed E-state index contributed by atoms with van der Waals surface area (Å²) in [5, 5.41) is 7.79. The first-order chi connectivity index (χ1) is 14.7. The Hall–Kier alpha value is -2.33. The molecule has 3 rings (SSSR count). The summed E-state index contributed by atoms with van der Waals surface area (Å²) < 4.78 is 11.4. The molecule has 8 heteroatoms. The number of aromatic nitrogens is 1. The van der Waals surface area contributed by atoms with E-state index in [1.165, 1.54) is 4.88 Å². The molecule has 2 aromatic carbocycles. The van der Waals surface area contributed by atoms with E-state index >= 15 is 0 Å². The highest BCUT2D eigenvalue weighted by Gasteiger charge is 2.07. The summed E-state index contributed by atoms with van der Waals surface area (Å²) >= 11 is 1.73. The lowest BCUT2D eigenvalue weighted by atomic mass is 10.2. The predicted molar refractivity (Wildman–Crippen MR) is 138 cm³/mol. The van der Waals surface area contributed by atoms with E-state index in [0.717, 1.165) is 40.8 Å². The van der Waals surface area contributed by atoms with Gasteiger partial charge in [-0.2, -0.15) is 0 Å². The van der Waals surface area contributed by atoms with Crippen LogP contribution in [0.5, 0.6) is 11.5 Å². The van der Waals surface area contributed by atoms with E-state index in [9.17, 15) is 0 Å². The average Bonchev–Trinajstić information content (AvgIpc) is 3.20. The number of ether oxygens (including phenoxy) is 2. The molecule has 2 N–H and O–H groups in total. The molecule has 6 nitrogen and oxygen atoms in total. The van der Waals surface area contributed by atoms with Gasteiger partial charge in [0.05, 0.1) is 12.1 Å². The lowest BCUT2D eigenvalue weighted by Crippen LogP contribution is -2.37. The molecule has 0 bridgehead atoms. The number of benzene rings is 2. The fourth-order valence-corrected chi connectivity index (χ4v) is 3.67. The minimum Gasteiger partial charge on any atom is -0.493 e. The number of rotatable bonds is 9. The molecule has 0 saturated heterocycles. The zero-order valence-corrected chi connectivity index (χ0v) is 21.2. The second-order valence-electron chi connectivity index (χ2n) is 6.73. The minimum atomic E-state index is 0. The highest BCUT2D eigenvalue weighted by molar-refractivity contribution is 14.0. The Labute approximate surface area is 205 Å². The smallest absolute Gasteiger partial charge is 0.191 e. The second kappa shape index (κ2) is 13.2. The monoisotopic (exact) mass is 552 g/mol. The van der Waals surface area contributed by atoms with Gasteiger partial charge in [0.15, 0.2) is 17.5 Å². The quantitative estimate of drug-likeness (QED) is 0.232. The standard InChI is InChI=1S/C23H28N4O2S.HI/c1-17-14-26-22(30-17)11-12-25-23(24-2)27-15-19-9-10-20(21(13-19)28-3)29-16-18-7-5-4-6-8-18;/h4-10,13-14H,11-12,15-16H2,1-3H3,(H2,24,25,27);1H. The van der Waals surface area contributed by atoms with Gasteiger partial charge in [-0.1, -0.05) is 36.4 Å². The van der Waals surface area contributed by atoms with E-state index in [1.54, 1.807) is 25.5 Å². The van der Waals surface area contributed by atoms with Crippen LogP contribution in [0.25, 0.3) is 0 Å². The maximum absolute atomic E-state index is 5.93. The molecular weight excluding hydrogens is 523 g/mol. The summed E-state index contributed by atoms with van der Waals surface area (Å²) in [7, 11) is 3.42. The zero-order chi connectivity index (χ0) is 21.2. The number of nitrogens with zero attached hydrogens (tertiary/aromatic N) is 2. The Morgan fingerprint density at radius 2 is 1.87 bits per heavy atom. The minimum absolute atomic E-state index is 0. The van der Waals surface area contributed by atoms with Crippen molar-refractivity contribution in [1.82, 2.24) is 15.6 Å². The van der Waals surface area contributed by atoms with Gasteiger partial charge in [0.25, 0.3) is 0 Å². The first kappa shape index (κ1) is 24.9. The molecule has 0 amide bonds. The average molecular weight is 552 g/mol. The number of guanidine groups is 1. The number of hydrogen-bond donors (Lipinski definition) is 2. The van der Waals surface area contributed by atoms with Crippen molar-refractivity contribution in [3.8, 4) is 11.5 Å². The molecule has 166 valence electrons. The molecule has 3 aromatic rings. The van der Waals surface area contributed by atoms with Crippen molar-refractivity contribution in [2.24, 2.45) is 4.99 Å². The first-order valence-corrected chi connectivity index (χ1v) is 10.7. The molecule has 31 heavy (non-hydrogen) atoms. The van der Waals surface area contributed by atoms with Crippen LogP contribution in [0.3, 0.4) is 0 Å². The normalized spacial score (nSPS) is 10.9. The van der Waals surface area contributed by atoms with Gasteiger partial charge in [-0.25, -0.2) is 4.98 Å². The van der Waals surface area contributed by atoms with E-state index in [4.69, 9.17) is 9.47 Å². The molecule has 0 aliphatic rings. The van der Waals surface area contributed by atoms with Gasteiger partial charge < -0.3 is 20.1 Å². The summed E-state index contributed by atoms with van der Waals surface area (Å²) in [6.07, 6.45) is 2.79. The number of aryl methyl sites for hydroxylation is 1. The van der Waals surface area contributed by atoms with Crippen molar-refractivity contribution >= 4 is 41.3 Å². The second-order valence-corrected chi connectivity index (χ2v) is 8.05. The lowest BCUT2D eigenvalue weighted by Gasteiger charge is -2.14. The number of halogens is 1. The van der Waals surface area contributed by atoms with Crippen LogP contribution >= 0.6 is 35.3 Å². The third kappa shape index (κ3) is 8.02. The number of nitrogens with one attached hydrogen (secondary N) is 2. The molecule has 0 fully saturated rings. The van der Waals surface area contributed by atoms with Crippen molar-refractivity contribution < 1.29 is 9.47 Å². The van der Waals surface area contributed by atoms with Crippen LogP contribution in [0.2, 0.25) is 0 Å². The van der Waals surface area contributed by atoms with E-state index in [0.29, 0.717) is 18.9 Å². The topological polar surface area (TPSA) is 67.8 Å². The summed E-state index contributed by atoms with van der Waals surface area (Å²) in [5.41, 5.74) is 2.20. The fraction of sp³-hybridized carbons (Fsp3) is 0.304. The number of thiazole rings is 1. The molecule has 0 spiro atoms. The Morgan fingerprint density at radius 1 is 1.06 bits per heavy atom. The van der Waals surface area contributed by atoms with Crippen molar-refractivity contribution in [3.63, 3.8) is 0 Å². The Morgan fingerprint density at radius 3 is 2.55 bits per heavy atom. The van der Waals surface area contributed by atoms with Gasteiger partial charge in [-0.3, -0.25) is 4.99 Å². The van der Waals surface area contributed by atoms with Gasteiger partial charge >= 0.3 is 0 Å². The Bertz CT molecular complexity index is 963. The molecule has 0 aliphatic carbocycles. The maximum atomic E-state index is 5.93. The molecular formula is C23H29IN4O2S. The van der Waals surface area contributed by atoms with Crippen LogP contribution in [0.15, 0.2) is 59.7 Å². The van der Waals surface area contributed by atoms with Crippen LogP contribution in [0.1, 0.15) is 21.0 Å². The molecule has 1 heterocycles. The first-order valence-electron chi connectivity index (χ1n) is 9.87. The van der Waals surface area contributed by atoms with Crippen LogP contribution in [-0.2, 0) is 19.6 Å². The molecule has 1 aromatic heterocycles. The summed E-state index contributed by atoms with van der Waals surface area (Å²) in [4.78, 5) is 9.90. The lowest BCUT2D eigenvalue weighted by molar-refractivity contribution is 0.284.